The molecule has 1 aromatic rings. The van der Waals surface area contributed by atoms with Crippen LogP contribution >= 0.6 is 15.9 Å². The van der Waals surface area contributed by atoms with Gasteiger partial charge in [0.15, 0.2) is 0 Å². The van der Waals surface area contributed by atoms with Crippen LogP contribution < -0.4 is 5.32 Å². The highest BCUT2D eigenvalue weighted by Crippen LogP contribution is 2.23. The first-order valence-electron chi connectivity index (χ1n) is 6.37. The van der Waals surface area contributed by atoms with Crippen molar-refractivity contribution in [2.24, 2.45) is 5.41 Å². The van der Waals surface area contributed by atoms with E-state index in [4.69, 9.17) is 0 Å². The Labute approximate surface area is 119 Å². The van der Waals surface area contributed by atoms with E-state index >= 15 is 0 Å². The Hall–Kier alpha value is -0.640. The van der Waals surface area contributed by atoms with Crippen molar-refractivity contribution < 1.29 is 0 Å². The monoisotopic (exact) mass is 313 g/mol. The van der Waals surface area contributed by atoms with Crippen molar-refractivity contribution in [3.05, 3.63) is 16.5 Å². The van der Waals surface area contributed by atoms with Crippen LogP contribution in [0.25, 0.3) is 0 Å². The molecular weight excluding hydrogens is 290 g/mol. The first-order chi connectivity index (χ1) is 8.08. The third kappa shape index (κ3) is 5.34. The number of anilines is 1. The van der Waals surface area contributed by atoms with Gasteiger partial charge in [0, 0.05) is 18.0 Å². The molecular formula is C14H24BrN3. The molecule has 1 heterocycles. The number of rotatable bonds is 3. The van der Waals surface area contributed by atoms with E-state index in [-0.39, 0.29) is 5.41 Å². The van der Waals surface area contributed by atoms with E-state index in [1.807, 2.05) is 6.07 Å². The Balaban J connectivity index is 2.75. The second kappa shape index (κ2) is 5.55. The Kier molecular flexibility index (Phi) is 4.76. The van der Waals surface area contributed by atoms with Crippen LogP contribution in [-0.4, -0.2) is 16.5 Å². The molecule has 0 radical (unpaired) electrons. The van der Waals surface area contributed by atoms with Crippen molar-refractivity contribution in [3.8, 4) is 0 Å². The first-order valence-corrected chi connectivity index (χ1v) is 7.16. The summed E-state index contributed by atoms with van der Waals surface area (Å²) in [6, 6.07) is 1.93. The van der Waals surface area contributed by atoms with Crippen LogP contribution in [0.1, 0.15) is 53.8 Å². The SMILES string of the molecule is CC(C)(C)CCNc1cc(Br)nc(C(C)(C)C)n1. The average molecular weight is 314 g/mol. The van der Waals surface area contributed by atoms with Crippen molar-refractivity contribution in [2.75, 3.05) is 11.9 Å². The quantitative estimate of drug-likeness (QED) is 0.841. The van der Waals surface area contributed by atoms with Gasteiger partial charge in [0.2, 0.25) is 0 Å². The van der Waals surface area contributed by atoms with Gasteiger partial charge < -0.3 is 5.32 Å². The molecule has 0 spiro atoms. The van der Waals surface area contributed by atoms with Crippen molar-refractivity contribution in [3.63, 3.8) is 0 Å². The van der Waals surface area contributed by atoms with Crippen molar-refractivity contribution in [1.29, 1.82) is 0 Å². The van der Waals surface area contributed by atoms with Crippen LogP contribution in [0.3, 0.4) is 0 Å². The van der Waals surface area contributed by atoms with Gasteiger partial charge in [-0.25, -0.2) is 9.97 Å². The maximum absolute atomic E-state index is 4.57. The number of nitrogens with one attached hydrogen (secondary N) is 1. The summed E-state index contributed by atoms with van der Waals surface area (Å²) in [5.74, 6) is 1.75. The molecule has 1 N–H and O–H groups in total. The second-order valence-electron chi connectivity index (χ2n) is 6.89. The Morgan fingerprint density at radius 3 is 2.22 bits per heavy atom. The van der Waals surface area contributed by atoms with Crippen LogP contribution in [-0.2, 0) is 5.41 Å². The highest BCUT2D eigenvalue weighted by Gasteiger charge is 2.18. The number of aromatic nitrogens is 2. The summed E-state index contributed by atoms with van der Waals surface area (Å²) >= 11 is 3.45. The molecule has 0 saturated heterocycles. The van der Waals surface area contributed by atoms with Crippen molar-refractivity contribution in [2.45, 2.75) is 53.4 Å². The minimum atomic E-state index is -0.0375. The van der Waals surface area contributed by atoms with Crippen LogP contribution in [0.5, 0.6) is 0 Å². The van der Waals surface area contributed by atoms with Crippen LogP contribution in [0.2, 0.25) is 0 Å². The smallest absolute Gasteiger partial charge is 0.137 e. The molecule has 0 aliphatic carbocycles. The Morgan fingerprint density at radius 2 is 1.72 bits per heavy atom. The lowest BCUT2D eigenvalue weighted by Gasteiger charge is -2.20. The Morgan fingerprint density at radius 1 is 1.11 bits per heavy atom. The molecule has 1 aromatic heterocycles. The van der Waals surface area contributed by atoms with E-state index < -0.39 is 0 Å². The van der Waals surface area contributed by atoms with E-state index in [0.29, 0.717) is 5.41 Å². The number of nitrogens with zero attached hydrogens (tertiary/aromatic N) is 2. The van der Waals surface area contributed by atoms with Gasteiger partial charge in [-0.3, -0.25) is 0 Å². The zero-order valence-corrected chi connectivity index (χ0v) is 13.8. The predicted molar refractivity (Wildman–Crippen MR) is 81.0 cm³/mol. The van der Waals surface area contributed by atoms with Crippen LogP contribution in [0, 0.1) is 5.41 Å². The normalized spacial score (nSPS) is 12.6. The largest absolute Gasteiger partial charge is 0.370 e. The standard InChI is InChI=1S/C14H24BrN3/c1-13(2,3)7-8-16-11-9-10(15)17-12(18-11)14(4,5)6/h9H,7-8H2,1-6H3,(H,16,17,18). The summed E-state index contributed by atoms with van der Waals surface area (Å²) in [6.07, 6.45) is 1.11. The van der Waals surface area contributed by atoms with E-state index in [2.05, 4.69) is 72.8 Å². The zero-order valence-electron chi connectivity index (χ0n) is 12.3. The summed E-state index contributed by atoms with van der Waals surface area (Å²) in [5, 5.41) is 3.37. The van der Waals surface area contributed by atoms with Crippen LogP contribution in [0.15, 0.2) is 10.7 Å². The third-order valence-corrected chi connectivity index (χ3v) is 2.95. The molecule has 18 heavy (non-hydrogen) atoms. The first kappa shape index (κ1) is 15.4. The van der Waals surface area contributed by atoms with Crippen LogP contribution in [0.4, 0.5) is 5.82 Å². The topological polar surface area (TPSA) is 37.8 Å². The molecule has 102 valence electrons. The molecule has 0 atom stereocenters. The minimum absolute atomic E-state index is 0.0375. The van der Waals surface area contributed by atoms with Gasteiger partial charge in [-0.05, 0) is 27.8 Å². The maximum atomic E-state index is 4.57. The molecule has 0 bridgehead atoms. The second-order valence-corrected chi connectivity index (χ2v) is 7.70. The molecule has 1 rings (SSSR count). The van der Waals surface area contributed by atoms with E-state index in [0.717, 1.165) is 29.2 Å². The minimum Gasteiger partial charge on any atom is -0.370 e. The number of hydrogen-bond donors (Lipinski definition) is 1. The van der Waals surface area contributed by atoms with Gasteiger partial charge in [0.1, 0.15) is 16.2 Å². The highest BCUT2D eigenvalue weighted by atomic mass is 79.9. The number of halogens is 1. The molecule has 0 amide bonds. The summed E-state index contributed by atoms with van der Waals surface area (Å²) in [4.78, 5) is 9.00. The summed E-state index contributed by atoms with van der Waals surface area (Å²) < 4.78 is 0.834. The lowest BCUT2D eigenvalue weighted by Crippen LogP contribution is -2.18. The molecule has 0 saturated carbocycles. The fraction of sp³-hybridized carbons (Fsp3) is 0.714. The lowest BCUT2D eigenvalue weighted by molar-refractivity contribution is 0.389. The lowest BCUT2D eigenvalue weighted by atomic mass is 9.92. The predicted octanol–water partition coefficient (Wildman–Crippen LogP) is 4.38. The summed E-state index contributed by atoms with van der Waals surface area (Å²) in [5.41, 5.74) is 0.300. The fourth-order valence-corrected chi connectivity index (χ4v) is 1.79. The van der Waals surface area contributed by atoms with E-state index in [1.165, 1.54) is 0 Å². The van der Waals surface area contributed by atoms with E-state index in [1.54, 1.807) is 0 Å². The molecule has 0 aromatic carbocycles. The van der Waals surface area contributed by atoms with Gasteiger partial charge >= 0.3 is 0 Å². The number of hydrogen-bond acceptors (Lipinski definition) is 3. The molecule has 4 heteroatoms. The molecule has 0 aliphatic rings. The summed E-state index contributed by atoms with van der Waals surface area (Å²) in [6.45, 7) is 14.0. The fourth-order valence-electron chi connectivity index (χ4n) is 1.41. The van der Waals surface area contributed by atoms with Gasteiger partial charge in [0.25, 0.3) is 0 Å². The van der Waals surface area contributed by atoms with Crippen molar-refractivity contribution in [1.82, 2.24) is 9.97 Å². The van der Waals surface area contributed by atoms with Gasteiger partial charge in [0.05, 0.1) is 0 Å². The highest BCUT2D eigenvalue weighted by molar-refractivity contribution is 9.10. The maximum Gasteiger partial charge on any atom is 0.137 e. The molecule has 0 fully saturated rings. The molecule has 0 aliphatic heterocycles. The Bertz CT molecular complexity index is 402. The van der Waals surface area contributed by atoms with Gasteiger partial charge in [-0.15, -0.1) is 0 Å². The third-order valence-electron chi connectivity index (χ3n) is 2.55. The summed E-state index contributed by atoms with van der Waals surface area (Å²) in [7, 11) is 0. The average Bonchev–Trinajstić information content (AvgIpc) is 2.13. The van der Waals surface area contributed by atoms with Crippen molar-refractivity contribution >= 4 is 21.7 Å². The van der Waals surface area contributed by atoms with E-state index in [9.17, 15) is 0 Å². The van der Waals surface area contributed by atoms with Gasteiger partial charge in [-0.1, -0.05) is 41.5 Å². The molecule has 3 nitrogen and oxygen atoms in total. The zero-order chi connectivity index (χ0) is 14.0. The molecule has 0 unspecified atom stereocenters. The van der Waals surface area contributed by atoms with Gasteiger partial charge in [-0.2, -0.15) is 0 Å².